The van der Waals surface area contributed by atoms with Gasteiger partial charge >= 0.3 is 5.97 Å². The third-order valence-corrected chi connectivity index (χ3v) is 4.07. The van der Waals surface area contributed by atoms with Gasteiger partial charge in [-0.15, -0.1) is 11.3 Å². The second-order valence-corrected chi connectivity index (χ2v) is 5.55. The standard InChI is InChI=1S/C14H16O2S/c1-9(2)13(14(15)16-3)12-8-10-6-4-5-7-11(10)17-12/h4-9,13H,1-3H3. The third kappa shape index (κ3) is 2.34. The van der Waals surface area contributed by atoms with E-state index in [1.807, 2.05) is 26.0 Å². The van der Waals surface area contributed by atoms with Crippen LogP contribution in [0.2, 0.25) is 0 Å². The molecule has 3 heteroatoms. The number of esters is 1. The van der Waals surface area contributed by atoms with Gasteiger partial charge in [-0.25, -0.2) is 0 Å². The average molecular weight is 248 g/mol. The fourth-order valence-electron chi connectivity index (χ4n) is 2.00. The predicted octanol–water partition coefficient (Wildman–Crippen LogP) is 3.81. The summed E-state index contributed by atoms with van der Waals surface area (Å²) in [5.74, 6) is -0.0560. The average Bonchev–Trinajstić information content (AvgIpc) is 2.71. The Bertz CT molecular complexity index is 495. The molecule has 1 atom stereocenters. The molecular weight excluding hydrogens is 232 g/mol. The highest BCUT2D eigenvalue weighted by Crippen LogP contribution is 2.35. The van der Waals surface area contributed by atoms with Gasteiger partial charge in [0.25, 0.3) is 0 Å². The maximum atomic E-state index is 11.8. The highest BCUT2D eigenvalue weighted by Gasteiger charge is 2.26. The van der Waals surface area contributed by atoms with E-state index < -0.39 is 0 Å². The van der Waals surface area contributed by atoms with Crippen LogP contribution in [0.4, 0.5) is 0 Å². The summed E-state index contributed by atoms with van der Waals surface area (Å²) in [6.07, 6.45) is 0. The summed E-state index contributed by atoms with van der Waals surface area (Å²) in [6.45, 7) is 4.10. The zero-order valence-electron chi connectivity index (χ0n) is 10.3. The van der Waals surface area contributed by atoms with E-state index in [9.17, 15) is 4.79 Å². The Labute approximate surface area is 105 Å². The van der Waals surface area contributed by atoms with E-state index >= 15 is 0 Å². The van der Waals surface area contributed by atoms with E-state index in [1.54, 1.807) is 11.3 Å². The first-order chi connectivity index (χ1) is 8.13. The highest BCUT2D eigenvalue weighted by atomic mass is 32.1. The number of benzene rings is 1. The molecular formula is C14H16O2S. The molecule has 17 heavy (non-hydrogen) atoms. The Morgan fingerprint density at radius 1 is 1.29 bits per heavy atom. The van der Waals surface area contributed by atoms with Gasteiger partial charge in [-0.3, -0.25) is 4.79 Å². The summed E-state index contributed by atoms with van der Waals surface area (Å²) in [5.41, 5.74) is 0. The van der Waals surface area contributed by atoms with E-state index in [-0.39, 0.29) is 17.8 Å². The van der Waals surface area contributed by atoms with E-state index in [4.69, 9.17) is 4.74 Å². The van der Waals surface area contributed by atoms with Gasteiger partial charge in [0.15, 0.2) is 0 Å². The van der Waals surface area contributed by atoms with Gasteiger partial charge in [0, 0.05) is 9.58 Å². The Morgan fingerprint density at radius 2 is 2.00 bits per heavy atom. The number of thiophene rings is 1. The molecule has 0 N–H and O–H groups in total. The first-order valence-corrected chi connectivity index (χ1v) is 6.51. The molecule has 0 aliphatic heterocycles. The van der Waals surface area contributed by atoms with Crippen molar-refractivity contribution in [3.8, 4) is 0 Å². The zero-order chi connectivity index (χ0) is 12.4. The summed E-state index contributed by atoms with van der Waals surface area (Å²) < 4.78 is 6.11. The molecule has 1 aromatic heterocycles. The van der Waals surface area contributed by atoms with Crippen molar-refractivity contribution >= 4 is 27.4 Å². The van der Waals surface area contributed by atoms with Gasteiger partial charge < -0.3 is 4.74 Å². The number of carbonyl (C=O) groups excluding carboxylic acids is 1. The van der Waals surface area contributed by atoms with Gasteiger partial charge in [0.05, 0.1) is 13.0 Å². The van der Waals surface area contributed by atoms with Crippen LogP contribution in [0.1, 0.15) is 24.6 Å². The molecule has 0 spiro atoms. The monoisotopic (exact) mass is 248 g/mol. The molecule has 1 heterocycles. The van der Waals surface area contributed by atoms with Crippen molar-refractivity contribution in [3.05, 3.63) is 35.2 Å². The molecule has 0 saturated carbocycles. The molecule has 0 radical (unpaired) electrons. The highest BCUT2D eigenvalue weighted by molar-refractivity contribution is 7.19. The van der Waals surface area contributed by atoms with Gasteiger partial charge in [0.1, 0.15) is 0 Å². The lowest BCUT2D eigenvalue weighted by Gasteiger charge is -2.16. The van der Waals surface area contributed by atoms with Crippen LogP contribution >= 0.6 is 11.3 Å². The molecule has 0 amide bonds. The Hall–Kier alpha value is -1.35. The number of hydrogen-bond acceptors (Lipinski definition) is 3. The predicted molar refractivity (Wildman–Crippen MR) is 71.4 cm³/mol. The molecule has 2 rings (SSSR count). The van der Waals surface area contributed by atoms with Crippen molar-refractivity contribution in [2.24, 2.45) is 5.92 Å². The number of ether oxygens (including phenoxy) is 1. The fourth-order valence-corrected chi connectivity index (χ4v) is 3.33. The Morgan fingerprint density at radius 3 is 2.59 bits per heavy atom. The summed E-state index contributed by atoms with van der Waals surface area (Å²) in [5, 5.41) is 1.20. The van der Waals surface area contributed by atoms with Crippen LogP contribution in [0.5, 0.6) is 0 Å². The maximum absolute atomic E-state index is 11.8. The second-order valence-electron chi connectivity index (χ2n) is 4.43. The van der Waals surface area contributed by atoms with Gasteiger partial charge in [-0.05, 0) is 23.4 Å². The number of carbonyl (C=O) groups is 1. The van der Waals surface area contributed by atoms with Crippen LogP contribution in [-0.4, -0.2) is 13.1 Å². The Kier molecular flexibility index (Phi) is 3.48. The third-order valence-electron chi connectivity index (χ3n) is 2.87. The number of hydrogen-bond donors (Lipinski definition) is 0. The lowest BCUT2D eigenvalue weighted by Crippen LogP contribution is -2.18. The van der Waals surface area contributed by atoms with Crippen LogP contribution < -0.4 is 0 Å². The van der Waals surface area contributed by atoms with Crippen molar-refractivity contribution in [2.45, 2.75) is 19.8 Å². The molecule has 1 aromatic carbocycles. The zero-order valence-corrected chi connectivity index (χ0v) is 11.1. The summed E-state index contributed by atoms with van der Waals surface area (Å²) in [6, 6.07) is 10.3. The lowest BCUT2D eigenvalue weighted by molar-refractivity contribution is -0.143. The van der Waals surface area contributed by atoms with E-state index in [0.29, 0.717) is 0 Å². The molecule has 0 bridgehead atoms. The molecule has 90 valence electrons. The largest absolute Gasteiger partial charge is 0.469 e. The number of methoxy groups -OCH3 is 1. The molecule has 1 unspecified atom stereocenters. The van der Waals surface area contributed by atoms with E-state index in [1.165, 1.54) is 17.2 Å². The smallest absolute Gasteiger partial charge is 0.314 e. The topological polar surface area (TPSA) is 26.3 Å². The quantitative estimate of drug-likeness (QED) is 0.772. The molecule has 0 aliphatic carbocycles. The summed E-state index contributed by atoms with van der Waals surface area (Å²) in [4.78, 5) is 12.9. The Balaban J connectivity index is 2.45. The van der Waals surface area contributed by atoms with Crippen LogP contribution in [0.3, 0.4) is 0 Å². The van der Waals surface area contributed by atoms with Crippen LogP contribution in [0, 0.1) is 5.92 Å². The maximum Gasteiger partial charge on any atom is 0.314 e. The van der Waals surface area contributed by atoms with E-state index in [2.05, 4.69) is 18.2 Å². The van der Waals surface area contributed by atoms with Gasteiger partial charge in [0.2, 0.25) is 0 Å². The van der Waals surface area contributed by atoms with Crippen molar-refractivity contribution in [2.75, 3.05) is 7.11 Å². The second kappa shape index (κ2) is 4.88. The molecule has 0 aliphatic rings. The molecule has 0 saturated heterocycles. The minimum absolute atomic E-state index is 0.147. The SMILES string of the molecule is COC(=O)C(c1cc2ccccc2s1)C(C)C. The molecule has 2 aromatic rings. The lowest BCUT2D eigenvalue weighted by atomic mass is 9.94. The van der Waals surface area contributed by atoms with E-state index in [0.717, 1.165) is 4.88 Å². The first kappa shape index (κ1) is 12.1. The van der Waals surface area contributed by atoms with Gasteiger partial charge in [-0.2, -0.15) is 0 Å². The fraction of sp³-hybridized carbons (Fsp3) is 0.357. The minimum Gasteiger partial charge on any atom is -0.469 e. The molecule has 2 nitrogen and oxygen atoms in total. The van der Waals surface area contributed by atoms with Gasteiger partial charge in [-0.1, -0.05) is 32.0 Å². The van der Waals surface area contributed by atoms with Crippen molar-refractivity contribution in [3.63, 3.8) is 0 Å². The van der Waals surface area contributed by atoms with Crippen molar-refractivity contribution in [1.29, 1.82) is 0 Å². The van der Waals surface area contributed by atoms with Crippen LogP contribution in [0.25, 0.3) is 10.1 Å². The van der Waals surface area contributed by atoms with Crippen LogP contribution in [-0.2, 0) is 9.53 Å². The minimum atomic E-state index is -0.155. The van der Waals surface area contributed by atoms with Crippen molar-refractivity contribution in [1.82, 2.24) is 0 Å². The van der Waals surface area contributed by atoms with Crippen molar-refractivity contribution < 1.29 is 9.53 Å². The first-order valence-electron chi connectivity index (χ1n) is 5.69. The number of fused-ring (bicyclic) bond motifs is 1. The summed E-state index contributed by atoms with van der Waals surface area (Å²) >= 11 is 1.68. The summed E-state index contributed by atoms with van der Waals surface area (Å²) in [7, 11) is 1.45. The number of rotatable bonds is 3. The normalized spacial score (nSPS) is 12.9. The van der Waals surface area contributed by atoms with Crippen LogP contribution in [0.15, 0.2) is 30.3 Å². The molecule has 0 fully saturated rings.